The standard InChI is InChI=1S/C21H13FO2/c22-18-12-6-10-16-13-15-9-4-5-11-17(15)20(19(16)18)24-21(23)14-7-2-1-3-8-14/h1-13H. The van der Waals surface area contributed by atoms with Crippen LogP contribution in [-0.4, -0.2) is 5.97 Å². The van der Waals surface area contributed by atoms with E-state index in [1.165, 1.54) is 6.07 Å². The molecule has 0 unspecified atom stereocenters. The number of fused-ring (bicyclic) bond motifs is 2. The molecule has 0 saturated carbocycles. The molecule has 24 heavy (non-hydrogen) atoms. The number of rotatable bonds is 2. The maximum absolute atomic E-state index is 14.4. The lowest BCUT2D eigenvalue weighted by molar-refractivity contribution is 0.0739. The highest BCUT2D eigenvalue weighted by molar-refractivity contribution is 6.07. The Hall–Kier alpha value is -3.20. The maximum atomic E-state index is 14.4. The Morgan fingerprint density at radius 1 is 0.792 bits per heavy atom. The van der Waals surface area contributed by atoms with Crippen LogP contribution >= 0.6 is 0 Å². The molecule has 0 bridgehead atoms. The number of carbonyl (C=O) groups excluding carboxylic acids is 1. The maximum Gasteiger partial charge on any atom is 0.343 e. The molecule has 0 aliphatic rings. The van der Waals surface area contributed by atoms with Gasteiger partial charge in [-0.3, -0.25) is 0 Å². The van der Waals surface area contributed by atoms with Gasteiger partial charge in [-0.05, 0) is 35.0 Å². The van der Waals surface area contributed by atoms with Gasteiger partial charge in [-0.2, -0.15) is 0 Å². The van der Waals surface area contributed by atoms with E-state index in [0.717, 1.165) is 5.39 Å². The van der Waals surface area contributed by atoms with Crippen molar-refractivity contribution in [2.24, 2.45) is 0 Å². The van der Waals surface area contributed by atoms with Gasteiger partial charge in [0.15, 0.2) is 0 Å². The number of hydrogen-bond donors (Lipinski definition) is 0. The molecule has 3 heteroatoms. The van der Waals surface area contributed by atoms with Gasteiger partial charge in [0.25, 0.3) is 0 Å². The highest BCUT2D eigenvalue weighted by Gasteiger charge is 2.16. The number of carbonyl (C=O) groups is 1. The minimum absolute atomic E-state index is 0.259. The molecule has 0 saturated heterocycles. The van der Waals surface area contributed by atoms with Crippen LogP contribution in [0.25, 0.3) is 21.5 Å². The lowest BCUT2D eigenvalue weighted by Gasteiger charge is -2.12. The summed E-state index contributed by atoms with van der Waals surface area (Å²) in [5.74, 6) is -0.652. The molecular weight excluding hydrogens is 303 g/mol. The van der Waals surface area contributed by atoms with Crippen molar-refractivity contribution in [2.45, 2.75) is 0 Å². The van der Waals surface area contributed by atoms with Gasteiger partial charge < -0.3 is 4.74 Å². The summed E-state index contributed by atoms with van der Waals surface area (Å²) in [7, 11) is 0. The van der Waals surface area contributed by atoms with E-state index in [1.54, 1.807) is 30.3 Å². The van der Waals surface area contributed by atoms with Crippen LogP contribution in [0.4, 0.5) is 4.39 Å². The summed E-state index contributed by atoms with van der Waals surface area (Å²) in [6.45, 7) is 0. The third-order valence-electron chi connectivity index (χ3n) is 3.99. The van der Waals surface area contributed by atoms with Gasteiger partial charge in [-0.15, -0.1) is 0 Å². The molecule has 0 atom stereocenters. The second-order valence-electron chi connectivity index (χ2n) is 5.52. The first-order valence-electron chi connectivity index (χ1n) is 7.61. The summed E-state index contributed by atoms with van der Waals surface area (Å²) < 4.78 is 20.1. The zero-order valence-electron chi connectivity index (χ0n) is 12.7. The summed E-state index contributed by atoms with van der Waals surface area (Å²) in [5, 5.41) is 2.62. The van der Waals surface area contributed by atoms with Gasteiger partial charge >= 0.3 is 5.97 Å². The summed E-state index contributed by atoms with van der Waals surface area (Å²) in [6, 6.07) is 22.9. The van der Waals surface area contributed by atoms with Crippen LogP contribution in [-0.2, 0) is 0 Å². The highest BCUT2D eigenvalue weighted by atomic mass is 19.1. The monoisotopic (exact) mass is 316 g/mol. The third kappa shape index (κ3) is 2.40. The van der Waals surface area contributed by atoms with Gasteiger partial charge in [0.05, 0.1) is 10.9 Å². The lowest BCUT2D eigenvalue weighted by Crippen LogP contribution is -2.09. The summed E-state index contributed by atoms with van der Waals surface area (Å²) >= 11 is 0. The van der Waals surface area contributed by atoms with E-state index in [-0.39, 0.29) is 5.75 Å². The van der Waals surface area contributed by atoms with Crippen molar-refractivity contribution in [1.29, 1.82) is 0 Å². The minimum atomic E-state index is -0.503. The summed E-state index contributed by atoms with van der Waals surface area (Å²) in [5.41, 5.74) is 0.426. The van der Waals surface area contributed by atoms with Crippen LogP contribution in [0.5, 0.6) is 5.75 Å². The molecule has 0 aliphatic heterocycles. The molecule has 2 nitrogen and oxygen atoms in total. The fraction of sp³-hybridized carbons (Fsp3) is 0. The molecule has 4 aromatic carbocycles. The minimum Gasteiger partial charge on any atom is -0.421 e. The third-order valence-corrected chi connectivity index (χ3v) is 3.99. The average molecular weight is 316 g/mol. The van der Waals surface area contributed by atoms with Crippen LogP contribution in [0, 0.1) is 5.82 Å². The molecule has 116 valence electrons. The Labute approximate surface area is 138 Å². The Bertz CT molecular complexity index is 1060. The predicted octanol–water partition coefficient (Wildman–Crippen LogP) is 5.35. The SMILES string of the molecule is O=C(Oc1c2ccccc2cc2cccc(F)c12)c1ccccc1. The Kier molecular flexibility index (Phi) is 3.47. The van der Waals surface area contributed by atoms with Gasteiger partial charge in [-0.1, -0.05) is 54.6 Å². The fourth-order valence-electron chi connectivity index (χ4n) is 2.86. The Morgan fingerprint density at radius 2 is 1.50 bits per heavy atom. The first-order chi connectivity index (χ1) is 11.7. The van der Waals surface area contributed by atoms with E-state index < -0.39 is 11.8 Å². The van der Waals surface area contributed by atoms with Crippen LogP contribution in [0.3, 0.4) is 0 Å². The zero-order chi connectivity index (χ0) is 16.5. The van der Waals surface area contributed by atoms with Crippen molar-refractivity contribution in [2.75, 3.05) is 0 Å². The predicted molar refractivity (Wildman–Crippen MR) is 92.8 cm³/mol. The number of halogens is 1. The molecule has 0 fully saturated rings. The van der Waals surface area contributed by atoms with E-state index >= 15 is 0 Å². The van der Waals surface area contributed by atoms with Gasteiger partial charge in [-0.25, -0.2) is 9.18 Å². The summed E-state index contributed by atoms with van der Waals surface area (Å²) in [6.07, 6.45) is 0. The molecule has 0 amide bonds. The van der Waals surface area contributed by atoms with E-state index in [0.29, 0.717) is 21.7 Å². The molecule has 4 rings (SSSR count). The Morgan fingerprint density at radius 3 is 2.33 bits per heavy atom. The lowest BCUT2D eigenvalue weighted by atomic mass is 10.0. The van der Waals surface area contributed by atoms with Crippen LogP contribution < -0.4 is 4.74 Å². The van der Waals surface area contributed by atoms with Gasteiger partial charge in [0.2, 0.25) is 0 Å². The van der Waals surface area contributed by atoms with Crippen LogP contribution in [0.15, 0.2) is 78.9 Å². The first-order valence-corrected chi connectivity index (χ1v) is 7.61. The fourth-order valence-corrected chi connectivity index (χ4v) is 2.86. The van der Waals surface area contributed by atoms with Crippen molar-refractivity contribution in [1.82, 2.24) is 0 Å². The smallest absolute Gasteiger partial charge is 0.343 e. The molecule has 0 aliphatic carbocycles. The highest BCUT2D eigenvalue weighted by Crippen LogP contribution is 2.36. The van der Waals surface area contributed by atoms with Crippen molar-refractivity contribution >= 4 is 27.5 Å². The number of esters is 1. The normalized spacial score (nSPS) is 10.9. The van der Waals surface area contributed by atoms with Crippen molar-refractivity contribution in [3.05, 3.63) is 90.2 Å². The molecule has 0 spiro atoms. The van der Waals surface area contributed by atoms with E-state index in [2.05, 4.69) is 0 Å². The van der Waals surface area contributed by atoms with Gasteiger partial charge in [0.1, 0.15) is 11.6 Å². The second kappa shape index (κ2) is 5.78. The zero-order valence-corrected chi connectivity index (χ0v) is 12.7. The quantitative estimate of drug-likeness (QED) is 0.283. The first kappa shape index (κ1) is 14.4. The van der Waals surface area contributed by atoms with Crippen molar-refractivity contribution in [3.63, 3.8) is 0 Å². The number of benzene rings is 4. The second-order valence-corrected chi connectivity index (χ2v) is 5.52. The molecule has 0 aromatic heterocycles. The van der Waals surface area contributed by atoms with Crippen molar-refractivity contribution in [3.8, 4) is 5.75 Å². The topological polar surface area (TPSA) is 26.3 Å². The summed E-state index contributed by atoms with van der Waals surface area (Å²) in [4.78, 5) is 12.5. The van der Waals surface area contributed by atoms with Crippen LogP contribution in [0.2, 0.25) is 0 Å². The molecule has 0 N–H and O–H groups in total. The van der Waals surface area contributed by atoms with Crippen LogP contribution in [0.1, 0.15) is 10.4 Å². The average Bonchev–Trinajstić information content (AvgIpc) is 2.62. The van der Waals surface area contributed by atoms with E-state index in [9.17, 15) is 9.18 Å². The van der Waals surface area contributed by atoms with Crippen molar-refractivity contribution < 1.29 is 13.9 Å². The largest absolute Gasteiger partial charge is 0.421 e. The number of hydrogen-bond acceptors (Lipinski definition) is 2. The van der Waals surface area contributed by atoms with E-state index in [4.69, 9.17) is 4.74 Å². The Balaban J connectivity index is 1.96. The van der Waals surface area contributed by atoms with Gasteiger partial charge in [0, 0.05) is 5.39 Å². The molecule has 0 radical (unpaired) electrons. The molecular formula is C21H13FO2. The van der Waals surface area contributed by atoms with E-state index in [1.807, 2.05) is 42.5 Å². The number of ether oxygens (including phenoxy) is 1. The molecule has 0 heterocycles. The molecule has 4 aromatic rings.